The van der Waals surface area contributed by atoms with Gasteiger partial charge in [0.05, 0.1) is 12.5 Å². The maximum atomic E-state index is 12.9. The van der Waals surface area contributed by atoms with E-state index in [0.29, 0.717) is 18.7 Å². The number of hydrogen-bond acceptors (Lipinski definition) is 6. The Balaban J connectivity index is 1.46. The average Bonchev–Trinajstić information content (AvgIpc) is 3.11. The Bertz CT molecular complexity index is 1120. The van der Waals surface area contributed by atoms with E-state index in [2.05, 4.69) is 28.3 Å². The molecular formula is C24H31N5O2S. The number of fused-ring (bicyclic) bond motifs is 1. The van der Waals surface area contributed by atoms with Crippen LogP contribution in [0.25, 0.3) is 11.0 Å². The molecule has 1 N–H and O–H groups in total. The monoisotopic (exact) mass is 453 g/mol. The number of rotatable bonds is 7. The number of amides is 1. The first kappa shape index (κ1) is 22.6. The molecule has 1 aromatic carbocycles. The summed E-state index contributed by atoms with van der Waals surface area (Å²) in [4.78, 5) is 20.0. The Hall–Kier alpha value is -2.58. The number of aromatic nitrogens is 3. The van der Waals surface area contributed by atoms with Crippen LogP contribution >= 0.6 is 11.8 Å². The fraction of sp³-hybridized carbons (Fsp3) is 0.458. The fourth-order valence-corrected chi connectivity index (χ4v) is 5.32. The lowest BCUT2D eigenvalue weighted by molar-refractivity contribution is -0.116. The van der Waals surface area contributed by atoms with Gasteiger partial charge in [0.1, 0.15) is 0 Å². The van der Waals surface area contributed by atoms with Crippen LogP contribution in [0.4, 0.5) is 5.69 Å². The first-order valence-corrected chi connectivity index (χ1v) is 12.2. The second kappa shape index (κ2) is 9.92. The predicted molar refractivity (Wildman–Crippen MR) is 131 cm³/mol. The van der Waals surface area contributed by atoms with E-state index in [9.17, 15) is 4.79 Å². The Labute approximate surface area is 193 Å². The summed E-state index contributed by atoms with van der Waals surface area (Å²) in [5.41, 5.74) is 5.97. The van der Waals surface area contributed by atoms with Crippen molar-refractivity contribution in [2.45, 2.75) is 33.2 Å². The molecule has 0 radical (unpaired) electrons. The normalized spacial score (nSPS) is 14.6. The highest BCUT2D eigenvalue weighted by Crippen LogP contribution is 2.30. The van der Waals surface area contributed by atoms with Gasteiger partial charge in [-0.1, -0.05) is 18.2 Å². The highest BCUT2D eigenvalue weighted by Gasteiger charge is 2.19. The summed E-state index contributed by atoms with van der Waals surface area (Å²) >= 11 is 2.01. The van der Waals surface area contributed by atoms with Gasteiger partial charge >= 0.3 is 0 Å². The minimum absolute atomic E-state index is 0.0173. The lowest BCUT2D eigenvalue weighted by Gasteiger charge is -2.27. The number of nitrogens with zero attached hydrogens (tertiary/aromatic N) is 4. The number of thioether (sulfide) groups is 1. The molecule has 0 atom stereocenters. The predicted octanol–water partition coefficient (Wildman–Crippen LogP) is 3.71. The number of para-hydroxylation sites is 1. The van der Waals surface area contributed by atoms with Crippen LogP contribution in [0.3, 0.4) is 0 Å². The third-order valence-corrected chi connectivity index (χ3v) is 7.05. The molecule has 1 saturated heterocycles. The topological polar surface area (TPSA) is 72.3 Å². The van der Waals surface area contributed by atoms with Crippen molar-refractivity contribution in [3.63, 3.8) is 0 Å². The minimum atomic E-state index is 0.0173. The first-order chi connectivity index (χ1) is 15.5. The largest absolute Gasteiger partial charge is 0.479 e. The molecule has 1 aliphatic heterocycles. The maximum Gasteiger partial charge on any atom is 0.242 e. The number of ether oxygens (including phenoxy) is 1. The fourth-order valence-electron chi connectivity index (χ4n) is 4.34. The van der Waals surface area contributed by atoms with Crippen LogP contribution in [0.2, 0.25) is 0 Å². The van der Waals surface area contributed by atoms with Gasteiger partial charge in [-0.3, -0.25) is 9.69 Å². The van der Waals surface area contributed by atoms with Crippen molar-refractivity contribution in [3.8, 4) is 5.88 Å². The van der Waals surface area contributed by atoms with Crippen LogP contribution in [-0.2, 0) is 24.8 Å². The summed E-state index contributed by atoms with van der Waals surface area (Å²) in [7, 11) is 3.48. The molecule has 4 rings (SSSR count). The summed E-state index contributed by atoms with van der Waals surface area (Å²) in [6.45, 7) is 7.11. The van der Waals surface area contributed by atoms with Gasteiger partial charge in [0.25, 0.3) is 0 Å². The van der Waals surface area contributed by atoms with E-state index < -0.39 is 0 Å². The Morgan fingerprint density at radius 1 is 1.22 bits per heavy atom. The lowest BCUT2D eigenvalue weighted by atomic mass is 10.00. The van der Waals surface area contributed by atoms with Gasteiger partial charge in [-0.15, -0.1) is 5.10 Å². The van der Waals surface area contributed by atoms with Gasteiger partial charge in [0, 0.05) is 56.0 Å². The van der Waals surface area contributed by atoms with Crippen LogP contribution in [0.15, 0.2) is 24.3 Å². The number of methoxy groups -OCH3 is 1. The molecule has 0 unspecified atom stereocenters. The molecule has 0 spiro atoms. The summed E-state index contributed by atoms with van der Waals surface area (Å²) in [5, 5.41) is 8.47. The molecule has 1 fully saturated rings. The number of carbonyl (C=O) groups is 1. The van der Waals surface area contributed by atoms with Gasteiger partial charge in [-0.25, -0.2) is 9.67 Å². The van der Waals surface area contributed by atoms with Gasteiger partial charge in [0.2, 0.25) is 11.8 Å². The second-order valence-electron chi connectivity index (χ2n) is 8.23. The second-order valence-corrected chi connectivity index (χ2v) is 9.45. The average molecular weight is 454 g/mol. The van der Waals surface area contributed by atoms with Gasteiger partial charge in [-0.05, 0) is 43.0 Å². The van der Waals surface area contributed by atoms with Crippen LogP contribution in [-0.4, -0.2) is 57.3 Å². The van der Waals surface area contributed by atoms with Crippen molar-refractivity contribution in [1.82, 2.24) is 19.7 Å². The first-order valence-electron chi connectivity index (χ1n) is 11.0. The molecular weight excluding hydrogens is 422 g/mol. The highest BCUT2D eigenvalue weighted by molar-refractivity contribution is 7.99. The van der Waals surface area contributed by atoms with Crippen molar-refractivity contribution in [3.05, 3.63) is 46.6 Å². The molecule has 0 bridgehead atoms. The Morgan fingerprint density at radius 3 is 2.72 bits per heavy atom. The molecule has 1 aliphatic rings. The van der Waals surface area contributed by atoms with E-state index in [4.69, 9.17) is 9.72 Å². The smallest absolute Gasteiger partial charge is 0.242 e. The van der Waals surface area contributed by atoms with Crippen LogP contribution in [0.5, 0.6) is 5.88 Å². The molecule has 8 heteroatoms. The molecule has 7 nitrogen and oxygen atoms in total. The van der Waals surface area contributed by atoms with Gasteiger partial charge < -0.3 is 10.1 Å². The standard InChI is InChI=1S/C24H31N5O2S/c1-16-19(17(2)25-23-22(16)24(31-4)27-28(23)3)9-10-21(30)26-20-8-6-5-7-18(20)15-29-11-13-32-14-12-29/h5-8H,9-15H2,1-4H3,(H,26,30). The van der Waals surface area contributed by atoms with Crippen molar-refractivity contribution >= 4 is 34.4 Å². The van der Waals surface area contributed by atoms with Crippen molar-refractivity contribution in [2.75, 3.05) is 37.0 Å². The summed E-state index contributed by atoms with van der Waals surface area (Å²) in [6.07, 6.45) is 1.02. The number of benzene rings is 1. The van der Waals surface area contributed by atoms with Crippen molar-refractivity contribution in [2.24, 2.45) is 7.05 Å². The molecule has 170 valence electrons. The highest BCUT2D eigenvalue weighted by atomic mass is 32.2. The molecule has 2 aromatic heterocycles. The van der Waals surface area contributed by atoms with E-state index in [-0.39, 0.29) is 5.91 Å². The quantitative estimate of drug-likeness (QED) is 0.588. The van der Waals surface area contributed by atoms with E-state index in [1.165, 1.54) is 17.1 Å². The summed E-state index contributed by atoms with van der Waals surface area (Å²) in [6, 6.07) is 8.12. The molecule has 0 saturated carbocycles. The molecule has 0 aliphatic carbocycles. The molecule has 32 heavy (non-hydrogen) atoms. The van der Waals surface area contributed by atoms with Gasteiger partial charge in [0.15, 0.2) is 5.65 Å². The van der Waals surface area contributed by atoms with Crippen LogP contribution < -0.4 is 10.1 Å². The third kappa shape index (κ3) is 4.76. The van der Waals surface area contributed by atoms with Crippen LogP contribution in [0.1, 0.15) is 28.8 Å². The zero-order valence-corrected chi connectivity index (χ0v) is 20.1. The minimum Gasteiger partial charge on any atom is -0.479 e. The molecule has 3 heterocycles. The Kier molecular flexibility index (Phi) is 7.01. The van der Waals surface area contributed by atoms with Crippen LogP contribution in [0, 0.1) is 13.8 Å². The SMILES string of the molecule is COc1nn(C)c2nc(C)c(CCC(=O)Nc3ccccc3CN3CCSCC3)c(C)c12. The Morgan fingerprint density at radius 2 is 1.97 bits per heavy atom. The number of anilines is 1. The van der Waals surface area contributed by atoms with E-state index in [1.54, 1.807) is 11.8 Å². The van der Waals surface area contributed by atoms with Crippen molar-refractivity contribution < 1.29 is 9.53 Å². The number of pyridine rings is 1. The van der Waals surface area contributed by atoms with Crippen molar-refractivity contribution in [1.29, 1.82) is 0 Å². The lowest BCUT2D eigenvalue weighted by Crippen LogP contribution is -2.32. The molecule has 3 aromatic rings. The summed E-state index contributed by atoms with van der Waals surface area (Å²) in [5.74, 6) is 2.94. The third-order valence-electron chi connectivity index (χ3n) is 6.11. The number of aryl methyl sites for hydroxylation is 3. The number of hydrogen-bond donors (Lipinski definition) is 1. The van der Waals surface area contributed by atoms with E-state index in [0.717, 1.165) is 53.2 Å². The molecule has 1 amide bonds. The zero-order valence-electron chi connectivity index (χ0n) is 19.3. The van der Waals surface area contributed by atoms with E-state index in [1.807, 2.05) is 43.9 Å². The number of carbonyl (C=O) groups excluding carboxylic acids is 1. The van der Waals surface area contributed by atoms with Gasteiger partial charge in [-0.2, -0.15) is 11.8 Å². The summed E-state index contributed by atoms with van der Waals surface area (Å²) < 4.78 is 7.19. The van der Waals surface area contributed by atoms with E-state index >= 15 is 0 Å². The zero-order chi connectivity index (χ0) is 22.7. The number of nitrogens with one attached hydrogen (secondary N) is 1. The maximum absolute atomic E-state index is 12.9.